The lowest BCUT2D eigenvalue weighted by molar-refractivity contribution is 0.188. The van der Waals surface area contributed by atoms with Crippen LogP contribution in [-0.4, -0.2) is 38.5 Å². The summed E-state index contributed by atoms with van der Waals surface area (Å²) in [6.45, 7) is 2.38. The normalized spacial score (nSPS) is 24.5. The molecule has 2 atom stereocenters. The summed E-state index contributed by atoms with van der Waals surface area (Å²) < 4.78 is 0. The fraction of sp³-hybridized carbons (Fsp3) is 0.846. The van der Waals surface area contributed by atoms with Crippen LogP contribution < -0.4 is 16.0 Å². The Morgan fingerprint density at radius 2 is 2.06 bits per heavy atom. The number of nitrogens with one attached hydrogen (secondary N) is 3. The zero-order valence-corrected chi connectivity index (χ0v) is 11.5. The fourth-order valence-electron chi connectivity index (χ4n) is 2.83. The van der Waals surface area contributed by atoms with E-state index in [1.54, 1.807) is 0 Å². The van der Waals surface area contributed by atoms with Crippen LogP contribution >= 0.6 is 0 Å². The Morgan fingerprint density at radius 1 is 1.41 bits per heavy atom. The van der Waals surface area contributed by atoms with Crippen molar-refractivity contribution in [1.82, 2.24) is 16.0 Å². The molecule has 100 valence electrons. The van der Waals surface area contributed by atoms with Crippen LogP contribution in [0.5, 0.6) is 0 Å². The van der Waals surface area contributed by atoms with Gasteiger partial charge in [-0.2, -0.15) is 0 Å². The number of aliphatic hydroxyl groups is 1. The minimum absolute atomic E-state index is 0.135. The zero-order chi connectivity index (χ0) is 12.9. The molecule has 0 spiro atoms. The smallest absolute Gasteiger partial charge is 0.112 e. The molecule has 0 aliphatic heterocycles. The first-order valence-corrected chi connectivity index (χ1v) is 6.51. The largest absolute Gasteiger partial charge is 0.396 e. The van der Waals surface area contributed by atoms with Gasteiger partial charge in [0.25, 0.3) is 0 Å². The van der Waals surface area contributed by atoms with Crippen LogP contribution in [0, 0.1) is 11.8 Å². The summed E-state index contributed by atoms with van der Waals surface area (Å²) in [6, 6.07) is 0. The highest BCUT2D eigenvalue weighted by molar-refractivity contribution is 5.25. The lowest BCUT2D eigenvalue weighted by Crippen LogP contribution is -2.60. The minimum atomic E-state index is -0.135. The summed E-state index contributed by atoms with van der Waals surface area (Å²) in [5.41, 5.74) is 1.09. The number of hydrogen-bond acceptors (Lipinski definition) is 4. The van der Waals surface area contributed by atoms with Gasteiger partial charge in [-0.05, 0) is 45.2 Å². The molecule has 1 rings (SSSR count). The van der Waals surface area contributed by atoms with Crippen molar-refractivity contribution >= 4 is 0 Å². The van der Waals surface area contributed by atoms with E-state index in [0.717, 1.165) is 19.3 Å². The predicted octanol–water partition coefficient (Wildman–Crippen LogP) is 0.653. The molecule has 0 fully saturated rings. The third-order valence-corrected chi connectivity index (χ3v) is 4.02. The third-order valence-electron chi connectivity index (χ3n) is 4.02. The molecule has 1 aliphatic carbocycles. The van der Waals surface area contributed by atoms with Crippen molar-refractivity contribution < 1.29 is 5.11 Å². The molecule has 0 aromatic heterocycles. The van der Waals surface area contributed by atoms with Crippen molar-refractivity contribution in [1.29, 1.82) is 0 Å². The second kappa shape index (κ2) is 6.38. The highest BCUT2D eigenvalue weighted by atomic mass is 16.3. The Bertz CT molecular complexity index is 261. The van der Waals surface area contributed by atoms with E-state index in [4.69, 9.17) is 5.11 Å². The van der Waals surface area contributed by atoms with Crippen molar-refractivity contribution in [3.63, 3.8) is 0 Å². The van der Waals surface area contributed by atoms with Gasteiger partial charge in [0.1, 0.15) is 5.66 Å². The zero-order valence-electron chi connectivity index (χ0n) is 11.5. The van der Waals surface area contributed by atoms with Crippen LogP contribution in [-0.2, 0) is 0 Å². The van der Waals surface area contributed by atoms with E-state index >= 15 is 0 Å². The summed E-state index contributed by atoms with van der Waals surface area (Å²) in [7, 11) is 5.96. The number of rotatable bonds is 7. The summed E-state index contributed by atoms with van der Waals surface area (Å²) in [5.74, 6) is 0.925. The van der Waals surface area contributed by atoms with Crippen LogP contribution in [0.15, 0.2) is 11.8 Å². The van der Waals surface area contributed by atoms with E-state index in [1.807, 2.05) is 21.1 Å². The first-order chi connectivity index (χ1) is 8.14. The quantitative estimate of drug-likeness (QED) is 0.495. The van der Waals surface area contributed by atoms with Gasteiger partial charge in [-0.25, -0.2) is 0 Å². The van der Waals surface area contributed by atoms with Gasteiger partial charge in [-0.3, -0.25) is 10.6 Å². The van der Waals surface area contributed by atoms with Gasteiger partial charge < -0.3 is 10.4 Å². The second-order valence-electron chi connectivity index (χ2n) is 4.97. The summed E-state index contributed by atoms with van der Waals surface area (Å²) in [6.07, 6.45) is 5.53. The lowest BCUT2D eigenvalue weighted by Gasteiger charge is -2.38. The summed E-state index contributed by atoms with van der Waals surface area (Å²) in [5, 5.41) is 19.2. The SMILES string of the molecule is CNC1=CCC(CCC(C)CO)C1(NC)NC. The topological polar surface area (TPSA) is 56.3 Å². The van der Waals surface area contributed by atoms with E-state index < -0.39 is 0 Å². The van der Waals surface area contributed by atoms with Gasteiger partial charge in [0.15, 0.2) is 0 Å². The molecule has 0 amide bonds. The molecule has 0 radical (unpaired) electrons. The Morgan fingerprint density at radius 3 is 2.53 bits per heavy atom. The predicted molar refractivity (Wildman–Crippen MR) is 71.6 cm³/mol. The Balaban J connectivity index is 2.67. The molecule has 4 nitrogen and oxygen atoms in total. The molecule has 0 saturated carbocycles. The van der Waals surface area contributed by atoms with Gasteiger partial charge in [0, 0.05) is 19.4 Å². The van der Waals surface area contributed by atoms with E-state index in [-0.39, 0.29) is 12.3 Å². The minimum Gasteiger partial charge on any atom is -0.396 e. The molecule has 4 N–H and O–H groups in total. The maximum atomic E-state index is 9.09. The molecule has 0 bridgehead atoms. The summed E-state index contributed by atoms with van der Waals surface area (Å²) >= 11 is 0. The monoisotopic (exact) mass is 241 g/mol. The Hall–Kier alpha value is -0.580. The maximum absolute atomic E-state index is 9.09. The van der Waals surface area contributed by atoms with Crippen LogP contribution in [0.2, 0.25) is 0 Å². The van der Waals surface area contributed by atoms with Gasteiger partial charge in [0.05, 0.1) is 0 Å². The van der Waals surface area contributed by atoms with Crippen LogP contribution in [0.25, 0.3) is 0 Å². The van der Waals surface area contributed by atoms with Crippen LogP contribution in [0.1, 0.15) is 26.2 Å². The molecule has 17 heavy (non-hydrogen) atoms. The van der Waals surface area contributed by atoms with Crippen molar-refractivity contribution in [2.24, 2.45) is 11.8 Å². The van der Waals surface area contributed by atoms with Crippen molar-refractivity contribution in [2.75, 3.05) is 27.7 Å². The standard InChI is InChI=1S/C13H27N3O/c1-10(9-17)5-6-11-7-8-12(14-2)13(11,15-3)16-4/h8,10-11,14-17H,5-7,9H2,1-4H3. The lowest BCUT2D eigenvalue weighted by atomic mass is 9.87. The molecule has 0 heterocycles. The van der Waals surface area contributed by atoms with E-state index in [9.17, 15) is 0 Å². The van der Waals surface area contributed by atoms with Crippen molar-refractivity contribution in [2.45, 2.75) is 31.8 Å². The van der Waals surface area contributed by atoms with Gasteiger partial charge in [-0.1, -0.05) is 13.0 Å². The van der Waals surface area contributed by atoms with Gasteiger partial charge in [-0.15, -0.1) is 0 Å². The Kier molecular flexibility index (Phi) is 5.43. The molecule has 0 aromatic rings. The third kappa shape index (κ3) is 2.81. The first kappa shape index (κ1) is 14.5. The molecular weight excluding hydrogens is 214 g/mol. The molecule has 1 aliphatic rings. The number of allylic oxidation sites excluding steroid dienone is 1. The van der Waals surface area contributed by atoms with Crippen LogP contribution in [0.4, 0.5) is 0 Å². The Labute approximate surface area is 105 Å². The summed E-state index contributed by atoms with van der Waals surface area (Å²) in [4.78, 5) is 0. The van der Waals surface area contributed by atoms with Crippen molar-refractivity contribution in [3.8, 4) is 0 Å². The molecule has 0 aromatic carbocycles. The first-order valence-electron chi connectivity index (χ1n) is 6.51. The second-order valence-corrected chi connectivity index (χ2v) is 4.97. The van der Waals surface area contributed by atoms with Crippen LogP contribution in [0.3, 0.4) is 0 Å². The fourth-order valence-corrected chi connectivity index (χ4v) is 2.83. The number of hydrogen-bond donors (Lipinski definition) is 4. The molecule has 0 saturated heterocycles. The average molecular weight is 241 g/mol. The molecule has 4 heteroatoms. The van der Waals surface area contributed by atoms with E-state index in [0.29, 0.717) is 11.8 Å². The van der Waals surface area contributed by atoms with E-state index in [1.165, 1.54) is 5.70 Å². The van der Waals surface area contributed by atoms with E-state index in [2.05, 4.69) is 29.0 Å². The molecular formula is C13H27N3O. The number of aliphatic hydroxyl groups excluding tert-OH is 1. The highest BCUT2D eigenvalue weighted by Gasteiger charge is 2.42. The van der Waals surface area contributed by atoms with Gasteiger partial charge in [0.2, 0.25) is 0 Å². The average Bonchev–Trinajstić information content (AvgIpc) is 2.73. The highest BCUT2D eigenvalue weighted by Crippen LogP contribution is 2.35. The number of likely N-dealkylation sites (N-methyl/N-ethyl adjacent to an activating group) is 3. The molecule has 2 unspecified atom stereocenters. The van der Waals surface area contributed by atoms with Gasteiger partial charge >= 0.3 is 0 Å². The van der Waals surface area contributed by atoms with Crippen molar-refractivity contribution in [3.05, 3.63) is 11.8 Å². The maximum Gasteiger partial charge on any atom is 0.112 e.